The quantitative estimate of drug-likeness (QED) is 0.406. The molecule has 0 atom stereocenters. The fraction of sp³-hybridized carbons (Fsp3) is 0.786. The Labute approximate surface area is 104 Å². The third-order valence-corrected chi connectivity index (χ3v) is 3.33. The first-order valence-electron chi connectivity index (χ1n) is 6.64. The Bertz CT molecular complexity index is 240. The van der Waals surface area contributed by atoms with E-state index in [0.29, 0.717) is 12.5 Å². The third kappa shape index (κ3) is 5.24. The average molecular weight is 240 g/mol. The molecule has 0 aliphatic heterocycles. The maximum atomic E-state index is 11.7. The topological polar surface area (TPSA) is 35.5 Å². The van der Waals surface area contributed by atoms with Gasteiger partial charge in [0.1, 0.15) is 0 Å². The van der Waals surface area contributed by atoms with Gasteiger partial charge in [0.15, 0.2) is 0 Å². The first kappa shape index (κ1) is 14.1. The molecular weight excluding hydrogens is 216 g/mol. The van der Waals surface area contributed by atoms with Crippen LogP contribution in [-0.2, 0) is 14.3 Å². The molecule has 17 heavy (non-hydrogen) atoms. The number of carbonyl (C=O) groups excluding carboxylic acids is 1. The SMILES string of the molecule is CCCCOC(=O)C1CCC(/C=C/OC)CC1. The normalized spacial score (nSPS) is 24.8. The van der Waals surface area contributed by atoms with E-state index in [2.05, 4.69) is 13.0 Å². The van der Waals surface area contributed by atoms with Crippen molar-refractivity contribution >= 4 is 5.97 Å². The van der Waals surface area contributed by atoms with Gasteiger partial charge < -0.3 is 9.47 Å². The van der Waals surface area contributed by atoms with E-state index in [1.54, 1.807) is 13.4 Å². The summed E-state index contributed by atoms with van der Waals surface area (Å²) < 4.78 is 10.2. The average Bonchev–Trinajstić information content (AvgIpc) is 2.37. The summed E-state index contributed by atoms with van der Waals surface area (Å²) in [6, 6.07) is 0. The minimum Gasteiger partial charge on any atom is -0.505 e. The number of rotatable bonds is 6. The van der Waals surface area contributed by atoms with Crippen molar-refractivity contribution in [2.45, 2.75) is 45.4 Å². The first-order chi connectivity index (χ1) is 8.27. The van der Waals surface area contributed by atoms with Crippen molar-refractivity contribution in [2.24, 2.45) is 11.8 Å². The summed E-state index contributed by atoms with van der Waals surface area (Å²) in [5.74, 6) is 0.696. The Morgan fingerprint density at radius 3 is 2.59 bits per heavy atom. The lowest BCUT2D eigenvalue weighted by molar-refractivity contribution is -0.149. The summed E-state index contributed by atoms with van der Waals surface area (Å²) in [6.07, 6.45) is 9.90. The molecule has 3 nitrogen and oxygen atoms in total. The zero-order valence-electron chi connectivity index (χ0n) is 11.0. The van der Waals surface area contributed by atoms with Gasteiger partial charge in [-0.15, -0.1) is 0 Å². The maximum Gasteiger partial charge on any atom is 0.308 e. The van der Waals surface area contributed by atoms with Crippen LogP contribution in [0.25, 0.3) is 0 Å². The molecule has 0 aromatic heterocycles. The minimum absolute atomic E-state index is 0.00706. The predicted octanol–water partition coefficient (Wildman–Crippen LogP) is 3.30. The second kappa shape index (κ2) is 8.15. The summed E-state index contributed by atoms with van der Waals surface area (Å²) in [7, 11) is 1.66. The van der Waals surface area contributed by atoms with E-state index >= 15 is 0 Å². The van der Waals surface area contributed by atoms with Gasteiger partial charge in [0.2, 0.25) is 0 Å². The van der Waals surface area contributed by atoms with Crippen LogP contribution in [0.5, 0.6) is 0 Å². The number of ether oxygens (including phenoxy) is 2. The number of carbonyl (C=O) groups is 1. The van der Waals surface area contributed by atoms with Gasteiger partial charge in [0.05, 0.1) is 25.9 Å². The number of unbranched alkanes of at least 4 members (excludes halogenated alkanes) is 1. The van der Waals surface area contributed by atoms with Crippen molar-refractivity contribution in [2.75, 3.05) is 13.7 Å². The highest BCUT2D eigenvalue weighted by Crippen LogP contribution is 2.30. The zero-order chi connectivity index (χ0) is 12.5. The second-order valence-corrected chi connectivity index (χ2v) is 4.70. The van der Waals surface area contributed by atoms with Crippen molar-refractivity contribution in [1.29, 1.82) is 0 Å². The van der Waals surface area contributed by atoms with Gasteiger partial charge in [-0.3, -0.25) is 4.79 Å². The third-order valence-electron chi connectivity index (χ3n) is 3.33. The molecule has 1 aliphatic carbocycles. The van der Waals surface area contributed by atoms with Crippen LogP contribution in [-0.4, -0.2) is 19.7 Å². The minimum atomic E-state index is 0.00706. The van der Waals surface area contributed by atoms with E-state index in [-0.39, 0.29) is 11.9 Å². The summed E-state index contributed by atoms with van der Waals surface area (Å²) in [6.45, 7) is 2.68. The lowest BCUT2D eigenvalue weighted by atomic mass is 9.82. The molecule has 0 heterocycles. The van der Waals surface area contributed by atoms with Crippen LogP contribution in [0.2, 0.25) is 0 Å². The number of allylic oxidation sites excluding steroid dienone is 1. The molecule has 0 bridgehead atoms. The molecule has 0 aromatic rings. The molecule has 3 heteroatoms. The molecule has 1 fully saturated rings. The highest BCUT2D eigenvalue weighted by molar-refractivity contribution is 5.72. The molecule has 0 spiro atoms. The van der Waals surface area contributed by atoms with Crippen molar-refractivity contribution in [1.82, 2.24) is 0 Å². The van der Waals surface area contributed by atoms with Crippen LogP contribution in [0.1, 0.15) is 45.4 Å². The van der Waals surface area contributed by atoms with Gasteiger partial charge in [-0.25, -0.2) is 0 Å². The van der Waals surface area contributed by atoms with Crippen LogP contribution in [0.15, 0.2) is 12.3 Å². The van der Waals surface area contributed by atoms with E-state index in [0.717, 1.165) is 38.5 Å². The molecule has 0 radical (unpaired) electrons. The van der Waals surface area contributed by atoms with Crippen molar-refractivity contribution in [3.63, 3.8) is 0 Å². The van der Waals surface area contributed by atoms with Crippen LogP contribution >= 0.6 is 0 Å². The highest BCUT2D eigenvalue weighted by atomic mass is 16.5. The lowest BCUT2D eigenvalue weighted by Crippen LogP contribution is -2.23. The molecule has 1 saturated carbocycles. The van der Waals surface area contributed by atoms with Gasteiger partial charge in [-0.2, -0.15) is 0 Å². The monoisotopic (exact) mass is 240 g/mol. The van der Waals surface area contributed by atoms with Gasteiger partial charge in [-0.05, 0) is 44.1 Å². The van der Waals surface area contributed by atoms with Gasteiger partial charge in [0, 0.05) is 0 Å². The highest BCUT2D eigenvalue weighted by Gasteiger charge is 2.26. The van der Waals surface area contributed by atoms with Crippen molar-refractivity contribution < 1.29 is 14.3 Å². The van der Waals surface area contributed by atoms with Crippen LogP contribution in [0, 0.1) is 11.8 Å². The standard InChI is InChI=1S/C14H24O3/c1-3-4-10-17-14(15)13-7-5-12(6-8-13)9-11-16-2/h9,11-13H,3-8,10H2,1-2H3/b11-9+. The maximum absolute atomic E-state index is 11.7. The Morgan fingerprint density at radius 2 is 2.00 bits per heavy atom. The predicted molar refractivity (Wildman–Crippen MR) is 67.5 cm³/mol. The van der Waals surface area contributed by atoms with Gasteiger partial charge in [0.25, 0.3) is 0 Å². The molecular formula is C14H24O3. The smallest absolute Gasteiger partial charge is 0.308 e. The molecule has 0 N–H and O–H groups in total. The number of hydrogen-bond donors (Lipinski definition) is 0. The summed E-state index contributed by atoms with van der Waals surface area (Å²) in [5, 5.41) is 0. The molecule has 1 rings (SSSR count). The molecule has 0 saturated heterocycles. The van der Waals surface area contributed by atoms with Gasteiger partial charge in [-0.1, -0.05) is 13.3 Å². The van der Waals surface area contributed by atoms with Crippen LogP contribution in [0.4, 0.5) is 0 Å². The van der Waals surface area contributed by atoms with Gasteiger partial charge >= 0.3 is 5.97 Å². The number of esters is 1. The van der Waals surface area contributed by atoms with Crippen LogP contribution in [0.3, 0.4) is 0 Å². The molecule has 0 aromatic carbocycles. The second-order valence-electron chi connectivity index (χ2n) is 4.70. The fourth-order valence-corrected chi connectivity index (χ4v) is 2.17. The van der Waals surface area contributed by atoms with Crippen LogP contribution < -0.4 is 0 Å². The van der Waals surface area contributed by atoms with E-state index < -0.39 is 0 Å². The summed E-state index contributed by atoms with van der Waals surface area (Å²) >= 11 is 0. The zero-order valence-corrected chi connectivity index (χ0v) is 11.0. The molecule has 0 unspecified atom stereocenters. The Kier molecular flexibility index (Phi) is 6.75. The largest absolute Gasteiger partial charge is 0.505 e. The first-order valence-corrected chi connectivity index (χ1v) is 6.64. The van der Waals surface area contributed by atoms with E-state index in [4.69, 9.17) is 9.47 Å². The lowest BCUT2D eigenvalue weighted by Gasteiger charge is -2.25. The van der Waals surface area contributed by atoms with E-state index in [1.165, 1.54) is 0 Å². The Hall–Kier alpha value is -0.990. The van der Waals surface area contributed by atoms with E-state index in [9.17, 15) is 4.79 Å². The molecule has 1 aliphatic rings. The summed E-state index contributed by atoms with van der Waals surface area (Å²) in [5.41, 5.74) is 0. The molecule has 0 amide bonds. The number of hydrogen-bond acceptors (Lipinski definition) is 3. The van der Waals surface area contributed by atoms with Crippen molar-refractivity contribution in [3.05, 3.63) is 12.3 Å². The summed E-state index contributed by atoms with van der Waals surface area (Å²) in [4.78, 5) is 11.7. The molecule has 98 valence electrons. The fourth-order valence-electron chi connectivity index (χ4n) is 2.17. The Balaban J connectivity index is 2.21. The van der Waals surface area contributed by atoms with Crippen molar-refractivity contribution in [3.8, 4) is 0 Å². The Morgan fingerprint density at radius 1 is 1.29 bits per heavy atom. The number of methoxy groups -OCH3 is 1. The van der Waals surface area contributed by atoms with E-state index in [1.807, 2.05) is 0 Å².